The smallest absolute Gasteiger partial charge is 0.262 e. The third-order valence-corrected chi connectivity index (χ3v) is 5.63. The molecule has 0 fully saturated rings. The number of amides is 1. The molecular formula is C21H21N5O3S. The highest BCUT2D eigenvalue weighted by Gasteiger charge is 2.19. The SMILES string of the molecule is CCCCc1ccc(-n2nnnc2SCC(=O)c2ccc3c(c2)NC(=O)CO3)cc1. The van der Waals surface area contributed by atoms with Crippen LogP contribution in [0.25, 0.3) is 5.69 Å². The van der Waals surface area contributed by atoms with E-state index in [4.69, 9.17) is 4.74 Å². The number of anilines is 1. The zero-order valence-electron chi connectivity index (χ0n) is 16.5. The normalized spacial score (nSPS) is 12.8. The van der Waals surface area contributed by atoms with Crippen LogP contribution in [-0.2, 0) is 11.2 Å². The molecule has 9 heteroatoms. The van der Waals surface area contributed by atoms with Gasteiger partial charge < -0.3 is 10.1 Å². The molecular weight excluding hydrogens is 402 g/mol. The Labute approximate surface area is 178 Å². The quantitative estimate of drug-likeness (QED) is 0.438. The molecule has 2 aromatic carbocycles. The minimum atomic E-state index is -0.235. The first-order valence-electron chi connectivity index (χ1n) is 9.74. The van der Waals surface area contributed by atoms with Crippen molar-refractivity contribution in [1.29, 1.82) is 0 Å². The maximum absolute atomic E-state index is 12.6. The third kappa shape index (κ3) is 4.51. The van der Waals surface area contributed by atoms with Crippen LogP contribution < -0.4 is 10.1 Å². The summed E-state index contributed by atoms with van der Waals surface area (Å²) in [5.74, 6) is 0.404. The van der Waals surface area contributed by atoms with Crippen molar-refractivity contribution < 1.29 is 14.3 Å². The van der Waals surface area contributed by atoms with E-state index in [0.29, 0.717) is 22.2 Å². The Morgan fingerprint density at radius 1 is 1.23 bits per heavy atom. The monoisotopic (exact) mass is 423 g/mol. The molecule has 1 aliphatic rings. The highest BCUT2D eigenvalue weighted by molar-refractivity contribution is 7.99. The maximum Gasteiger partial charge on any atom is 0.262 e. The molecule has 0 spiro atoms. The molecule has 1 N–H and O–H groups in total. The molecule has 1 aliphatic heterocycles. The number of hydrogen-bond donors (Lipinski definition) is 1. The van der Waals surface area contributed by atoms with E-state index in [1.165, 1.54) is 17.3 Å². The summed E-state index contributed by atoms with van der Waals surface area (Å²) in [4.78, 5) is 24.1. The van der Waals surface area contributed by atoms with Gasteiger partial charge in [0.2, 0.25) is 5.16 Å². The molecule has 4 rings (SSSR count). The largest absolute Gasteiger partial charge is 0.482 e. The second-order valence-electron chi connectivity index (χ2n) is 6.90. The van der Waals surface area contributed by atoms with Gasteiger partial charge in [-0.3, -0.25) is 9.59 Å². The number of fused-ring (bicyclic) bond motifs is 1. The molecule has 154 valence electrons. The fraction of sp³-hybridized carbons (Fsp3) is 0.286. The van der Waals surface area contributed by atoms with Gasteiger partial charge in [-0.05, 0) is 59.2 Å². The van der Waals surface area contributed by atoms with Gasteiger partial charge in [0, 0.05) is 5.56 Å². The van der Waals surface area contributed by atoms with Crippen molar-refractivity contribution in [2.45, 2.75) is 31.3 Å². The highest BCUT2D eigenvalue weighted by atomic mass is 32.2. The molecule has 30 heavy (non-hydrogen) atoms. The van der Waals surface area contributed by atoms with Crippen LogP contribution in [-0.4, -0.2) is 44.3 Å². The number of thioether (sulfide) groups is 1. The number of aromatic nitrogens is 4. The second-order valence-corrected chi connectivity index (χ2v) is 7.85. The van der Waals surface area contributed by atoms with Crippen molar-refractivity contribution in [2.75, 3.05) is 17.7 Å². The number of nitrogens with zero attached hydrogens (tertiary/aromatic N) is 4. The van der Waals surface area contributed by atoms with E-state index in [1.807, 2.05) is 12.1 Å². The van der Waals surface area contributed by atoms with E-state index in [9.17, 15) is 9.59 Å². The fourth-order valence-electron chi connectivity index (χ4n) is 3.09. The average Bonchev–Trinajstić information content (AvgIpc) is 3.24. The predicted molar refractivity (Wildman–Crippen MR) is 113 cm³/mol. The predicted octanol–water partition coefficient (Wildman–Crippen LogP) is 3.31. The van der Waals surface area contributed by atoms with Crippen LogP contribution in [0, 0.1) is 0 Å². The van der Waals surface area contributed by atoms with E-state index < -0.39 is 0 Å². The lowest BCUT2D eigenvalue weighted by Crippen LogP contribution is -2.25. The first-order valence-corrected chi connectivity index (χ1v) is 10.7. The molecule has 1 amide bonds. The van der Waals surface area contributed by atoms with Crippen molar-refractivity contribution in [3.63, 3.8) is 0 Å². The van der Waals surface area contributed by atoms with Gasteiger partial charge >= 0.3 is 0 Å². The summed E-state index contributed by atoms with van der Waals surface area (Å²) in [5.41, 5.74) is 3.13. The topological polar surface area (TPSA) is 99.0 Å². The number of unbranched alkanes of at least 4 members (excludes halogenated alkanes) is 1. The number of aryl methyl sites for hydroxylation is 1. The molecule has 3 aromatic rings. The molecule has 1 aromatic heterocycles. The number of rotatable bonds is 8. The Morgan fingerprint density at radius 2 is 2.07 bits per heavy atom. The van der Waals surface area contributed by atoms with E-state index >= 15 is 0 Å². The van der Waals surface area contributed by atoms with Gasteiger partial charge in [-0.15, -0.1) is 5.10 Å². The number of ketones is 1. The Hall–Kier alpha value is -3.20. The van der Waals surface area contributed by atoms with Crippen molar-refractivity contribution >= 4 is 29.1 Å². The van der Waals surface area contributed by atoms with Gasteiger partial charge in [0.25, 0.3) is 5.91 Å². The molecule has 8 nitrogen and oxygen atoms in total. The fourth-order valence-corrected chi connectivity index (χ4v) is 3.87. The minimum Gasteiger partial charge on any atom is -0.482 e. The minimum absolute atomic E-state index is 0.0155. The van der Waals surface area contributed by atoms with E-state index in [-0.39, 0.29) is 24.1 Å². The highest BCUT2D eigenvalue weighted by Crippen LogP contribution is 2.29. The molecule has 0 atom stereocenters. The number of hydrogen-bond acceptors (Lipinski definition) is 7. The molecule has 0 saturated carbocycles. The number of tetrazole rings is 1. The van der Waals surface area contributed by atoms with Crippen molar-refractivity contribution in [2.24, 2.45) is 0 Å². The van der Waals surface area contributed by atoms with E-state index in [1.54, 1.807) is 22.9 Å². The summed E-state index contributed by atoms with van der Waals surface area (Å²) in [6.07, 6.45) is 3.37. The Bertz CT molecular complexity index is 1060. The summed E-state index contributed by atoms with van der Waals surface area (Å²) in [7, 11) is 0. The third-order valence-electron chi connectivity index (χ3n) is 4.71. The van der Waals surface area contributed by atoms with Crippen LogP contribution in [0.3, 0.4) is 0 Å². The van der Waals surface area contributed by atoms with Crippen LogP contribution in [0.1, 0.15) is 35.7 Å². The lowest BCUT2D eigenvalue weighted by Gasteiger charge is -2.18. The van der Waals surface area contributed by atoms with Crippen molar-refractivity contribution in [3.05, 3.63) is 53.6 Å². The Morgan fingerprint density at radius 3 is 2.87 bits per heavy atom. The number of carbonyl (C=O) groups is 2. The summed E-state index contributed by atoms with van der Waals surface area (Å²) < 4.78 is 6.95. The van der Waals surface area contributed by atoms with Crippen LogP contribution >= 0.6 is 11.8 Å². The van der Waals surface area contributed by atoms with Crippen LogP contribution in [0.4, 0.5) is 5.69 Å². The zero-order valence-corrected chi connectivity index (χ0v) is 17.3. The number of ether oxygens (including phenoxy) is 1. The number of benzene rings is 2. The van der Waals surface area contributed by atoms with Crippen LogP contribution in [0.2, 0.25) is 0 Å². The van der Waals surface area contributed by atoms with Gasteiger partial charge in [0.15, 0.2) is 12.4 Å². The molecule has 0 saturated heterocycles. The zero-order chi connectivity index (χ0) is 20.9. The van der Waals surface area contributed by atoms with Gasteiger partial charge in [-0.2, -0.15) is 4.68 Å². The van der Waals surface area contributed by atoms with E-state index in [2.05, 4.69) is 39.9 Å². The summed E-state index contributed by atoms with van der Waals surface area (Å²) in [6, 6.07) is 13.1. The van der Waals surface area contributed by atoms with Gasteiger partial charge in [-0.1, -0.05) is 37.2 Å². The Kier molecular flexibility index (Phi) is 6.08. The first kappa shape index (κ1) is 20.1. The summed E-state index contributed by atoms with van der Waals surface area (Å²) in [5, 5.41) is 15.1. The van der Waals surface area contributed by atoms with Gasteiger partial charge in [0.05, 0.1) is 17.1 Å². The van der Waals surface area contributed by atoms with Crippen LogP contribution in [0.15, 0.2) is 47.6 Å². The summed E-state index contributed by atoms with van der Waals surface area (Å²) >= 11 is 1.27. The van der Waals surface area contributed by atoms with Crippen molar-refractivity contribution in [1.82, 2.24) is 20.2 Å². The van der Waals surface area contributed by atoms with Gasteiger partial charge in [0.1, 0.15) is 5.75 Å². The average molecular weight is 423 g/mol. The van der Waals surface area contributed by atoms with Crippen molar-refractivity contribution in [3.8, 4) is 11.4 Å². The molecule has 0 bridgehead atoms. The van der Waals surface area contributed by atoms with E-state index in [0.717, 1.165) is 24.9 Å². The molecule has 0 unspecified atom stereocenters. The number of Topliss-reactive ketones (excluding diaryl/α,β-unsaturated/α-hetero) is 1. The van der Waals surface area contributed by atoms with Crippen LogP contribution in [0.5, 0.6) is 5.75 Å². The standard InChI is InChI=1S/C21H21N5O3S/c1-2-3-4-14-5-8-16(9-6-14)26-21(23-24-25-26)30-13-18(27)15-7-10-19-17(11-15)22-20(28)12-29-19/h5-11H,2-4,12-13H2,1H3,(H,22,28). The number of carbonyl (C=O) groups excluding carboxylic acids is 2. The summed E-state index contributed by atoms with van der Waals surface area (Å²) in [6.45, 7) is 2.16. The second kappa shape index (κ2) is 9.08. The molecule has 0 aliphatic carbocycles. The maximum atomic E-state index is 12.6. The first-order chi connectivity index (χ1) is 14.6. The number of nitrogens with one attached hydrogen (secondary N) is 1. The Balaban J connectivity index is 1.43. The lowest BCUT2D eigenvalue weighted by molar-refractivity contribution is -0.118. The molecule has 2 heterocycles. The van der Waals surface area contributed by atoms with Gasteiger partial charge in [-0.25, -0.2) is 0 Å². The lowest BCUT2D eigenvalue weighted by atomic mass is 10.1. The molecule has 0 radical (unpaired) electrons.